The number of hydrogen-bond acceptors (Lipinski definition) is 4. The molecule has 1 atom stereocenters. The molecule has 3 saturated heterocycles. The second-order valence-corrected chi connectivity index (χ2v) is 11.7. The summed E-state index contributed by atoms with van der Waals surface area (Å²) in [5.74, 6) is -0.537. The van der Waals surface area contributed by atoms with Crippen molar-refractivity contribution >= 4 is 21.8 Å². The predicted molar refractivity (Wildman–Crippen MR) is 121 cm³/mol. The summed E-state index contributed by atoms with van der Waals surface area (Å²) in [7, 11) is -3.75. The first kappa shape index (κ1) is 21.2. The molecule has 0 spiro atoms. The van der Waals surface area contributed by atoms with Gasteiger partial charge in [0.1, 0.15) is 5.54 Å². The van der Waals surface area contributed by atoms with E-state index in [9.17, 15) is 13.2 Å². The van der Waals surface area contributed by atoms with E-state index >= 15 is 0 Å². The molecule has 8 heteroatoms. The lowest BCUT2D eigenvalue weighted by Gasteiger charge is -2.43. The van der Waals surface area contributed by atoms with Crippen molar-refractivity contribution < 1.29 is 13.2 Å². The van der Waals surface area contributed by atoms with Gasteiger partial charge in [-0.15, -0.1) is 0 Å². The van der Waals surface area contributed by atoms with Crippen LogP contribution in [0.1, 0.15) is 63.4 Å². The van der Waals surface area contributed by atoms with E-state index in [1.165, 1.54) is 65.8 Å². The first-order valence-corrected chi connectivity index (χ1v) is 13.2. The van der Waals surface area contributed by atoms with Crippen molar-refractivity contribution in [2.75, 3.05) is 37.0 Å². The number of benzene rings is 1. The number of likely N-dealkylation sites (tertiary alicyclic amines) is 1. The SMILES string of the molecule is NC(=O)[C@]12CCCCN1S(=O)(=O)N(c1ccc(C3(CCN4CCCC4)CCC3)cc1)C2. The minimum absolute atomic E-state index is 0.115. The highest BCUT2D eigenvalue weighted by atomic mass is 32.2. The molecule has 0 aromatic heterocycles. The number of piperidine rings is 1. The van der Waals surface area contributed by atoms with Crippen LogP contribution in [0.5, 0.6) is 0 Å². The maximum absolute atomic E-state index is 13.3. The predicted octanol–water partition coefficient (Wildman–Crippen LogP) is 2.37. The summed E-state index contributed by atoms with van der Waals surface area (Å²) in [5.41, 5.74) is 6.80. The molecule has 1 amide bonds. The standard InChI is InChI=1S/C23H34N4O3S/c24-21(28)23-12-1-2-16-27(23)31(29,30)26(18-23)20-8-6-19(7-9-20)22(10-5-11-22)13-17-25-14-3-4-15-25/h6-9H,1-5,10-18H2,(H2,24,28)/t23-/m1/s1. The molecule has 1 saturated carbocycles. The highest BCUT2D eigenvalue weighted by Gasteiger charge is 2.59. The van der Waals surface area contributed by atoms with Crippen LogP contribution in [-0.4, -0.2) is 61.8 Å². The van der Waals surface area contributed by atoms with E-state index in [0.717, 1.165) is 19.4 Å². The van der Waals surface area contributed by atoms with Crippen LogP contribution < -0.4 is 10.0 Å². The zero-order valence-corrected chi connectivity index (χ0v) is 19.1. The fourth-order valence-electron chi connectivity index (χ4n) is 6.14. The fourth-order valence-corrected chi connectivity index (χ4v) is 8.18. The number of hydrogen-bond donors (Lipinski definition) is 1. The lowest BCUT2D eigenvalue weighted by atomic mass is 9.62. The van der Waals surface area contributed by atoms with Crippen LogP contribution in [0.2, 0.25) is 0 Å². The molecule has 1 aliphatic carbocycles. The molecule has 0 bridgehead atoms. The zero-order chi connectivity index (χ0) is 21.7. The molecule has 2 N–H and O–H groups in total. The van der Waals surface area contributed by atoms with Gasteiger partial charge in [-0.2, -0.15) is 12.7 Å². The van der Waals surface area contributed by atoms with E-state index < -0.39 is 21.7 Å². The number of nitrogens with two attached hydrogens (primary N) is 1. The van der Waals surface area contributed by atoms with Gasteiger partial charge in [0.05, 0.1) is 12.2 Å². The molecule has 31 heavy (non-hydrogen) atoms. The number of fused-ring (bicyclic) bond motifs is 1. The molecule has 1 aromatic rings. The van der Waals surface area contributed by atoms with Gasteiger partial charge in [-0.05, 0) is 94.1 Å². The fraction of sp³-hybridized carbons (Fsp3) is 0.696. The van der Waals surface area contributed by atoms with E-state index in [4.69, 9.17) is 5.73 Å². The maximum atomic E-state index is 13.3. The minimum Gasteiger partial charge on any atom is -0.368 e. The lowest BCUT2D eigenvalue weighted by Crippen LogP contribution is -2.58. The third-order valence-corrected chi connectivity index (χ3v) is 10.3. The van der Waals surface area contributed by atoms with Crippen molar-refractivity contribution in [3.63, 3.8) is 0 Å². The van der Waals surface area contributed by atoms with Gasteiger partial charge in [0.25, 0.3) is 0 Å². The Kier molecular flexibility index (Phi) is 5.30. The van der Waals surface area contributed by atoms with Crippen LogP contribution in [0, 0.1) is 0 Å². The smallest absolute Gasteiger partial charge is 0.305 e. The molecule has 0 radical (unpaired) electrons. The van der Waals surface area contributed by atoms with Crippen molar-refractivity contribution in [2.24, 2.45) is 5.73 Å². The van der Waals surface area contributed by atoms with Gasteiger partial charge in [0.15, 0.2) is 0 Å². The monoisotopic (exact) mass is 446 g/mol. The Morgan fingerprint density at radius 3 is 2.19 bits per heavy atom. The van der Waals surface area contributed by atoms with Crippen LogP contribution in [0.25, 0.3) is 0 Å². The van der Waals surface area contributed by atoms with E-state index in [1.54, 1.807) is 0 Å². The van der Waals surface area contributed by atoms with E-state index in [0.29, 0.717) is 18.7 Å². The van der Waals surface area contributed by atoms with Gasteiger partial charge in [-0.3, -0.25) is 9.10 Å². The number of carbonyl (C=O) groups excluding carboxylic acids is 1. The molecular weight excluding hydrogens is 412 g/mol. The number of rotatable bonds is 6. The lowest BCUT2D eigenvalue weighted by molar-refractivity contribution is -0.127. The average Bonchev–Trinajstić information content (AvgIpc) is 3.33. The molecule has 3 heterocycles. The molecule has 7 nitrogen and oxygen atoms in total. The van der Waals surface area contributed by atoms with Crippen LogP contribution in [0.3, 0.4) is 0 Å². The summed E-state index contributed by atoms with van der Waals surface area (Å²) in [5, 5.41) is 0. The van der Waals surface area contributed by atoms with Crippen molar-refractivity contribution in [1.29, 1.82) is 0 Å². The zero-order valence-electron chi connectivity index (χ0n) is 18.3. The molecule has 170 valence electrons. The Balaban J connectivity index is 1.37. The Hall–Kier alpha value is -1.64. The molecule has 3 aliphatic heterocycles. The average molecular weight is 447 g/mol. The highest BCUT2D eigenvalue weighted by Crippen LogP contribution is 2.48. The number of amides is 1. The Morgan fingerprint density at radius 2 is 1.61 bits per heavy atom. The molecular formula is C23H34N4O3S. The van der Waals surface area contributed by atoms with Gasteiger partial charge in [-0.1, -0.05) is 18.6 Å². The van der Waals surface area contributed by atoms with E-state index in [2.05, 4.69) is 17.0 Å². The second-order valence-electron chi connectivity index (χ2n) is 9.92. The topological polar surface area (TPSA) is 86.9 Å². The molecule has 0 unspecified atom stereocenters. The van der Waals surface area contributed by atoms with Crippen molar-refractivity contribution in [2.45, 2.75) is 68.7 Å². The summed E-state index contributed by atoms with van der Waals surface area (Å²) < 4.78 is 29.3. The van der Waals surface area contributed by atoms with Gasteiger partial charge in [0, 0.05) is 6.54 Å². The summed E-state index contributed by atoms with van der Waals surface area (Å²) in [6.07, 6.45) is 9.57. The summed E-state index contributed by atoms with van der Waals surface area (Å²) in [4.78, 5) is 14.9. The summed E-state index contributed by atoms with van der Waals surface area (Å²) in [6, 6.07) is 8.08. The first-order chi connectivity index (χ1) is 14.9. The van der Waals surface area contributed by atoms with Gasteiger partial charge in [0.2, 0.25) is 5.91 Å². The number of anilines is 1. The second kappa shape index (κ2) is 7.74. The number of carbonyl (C=O) groups is 1. The molecule has 4 aliphatic rings. The van der Waals surface area contributed by atoms with Crippen molar-refractivity contribution in [3.05, 3.63) is 29.8 Å². The van der Waals surface area contributed by atoms with Crippen LogP contribution in [-0.2, 0) is 20.4 Å². The molecule has 1 aromatic carbocycles. The van der Waals surface area contributed by atoms with E-state index in [-0.39, 0.29) is 12.0 Å². The van der Waals surface area contributed by atoms with Crippen LogP contribution >= 0.6 is 0 Å². The summed E-state index contributed by atoms with van der Waals surface area (Å²) >= 11 is 0. The van der Waals surface area contributed by atoms with Crippen LogP contribution in [0.4, 0.5) is 5.69 Å². The minimum atomic E-state index is -3.75. The van der Waals surface area contributed by atoms with Gasteiger partial charge >= 0.3 is 10.2 Å². The maximum Gasteiger partial charge on any atom is 0.305 e. The van der Waals surface area contributed by atoms with Gasteiger partial charge in [-0.25, -0.2) is 0 Å². The molecule has 4 fully saturated rings. The normalized spacial score (nSPS) is 30.1. The first-order valence-electron chi connectivity index (χ1n) is 11.8. The largest absolute Gasteiger partial charge is 0.368 e. The molecule has 5 rings (SSSR count). The Labute approximate surface area is 185 Å². The van der Waals surface area contributed by atoms with E-state index in [1.807, 2.05) is 12.1 Å². The van der Waals surface area contributed by atoms with Crippen molar-refractivity contribution in [1.82, 2.24) is 9.21 Å². The van der Waals surface area contributed by atoms with Crippen LogP contribution in [0.15, 0.2) is 24.3 Å². The van der Waals surface area contributed by atoms with Crippen molar-refractivity contribution in [3.8, 4) is 0 Å². The Bertz CT molecular complexity index is 938. The Morgan fingerprint density at radius 1 is 0.935 bits per heavy atom. The third kappa shape index (κ3) is 3.38. The third-order valence-electron chi connectivity index (χ3n) is 8.28. The highest BCUT2D eigenvalue weighted by molar-refractivity contribution is 7.90. The number of nitrogens with zero attached hydrogens (tertiary/aromatic N) is 3. The summed E-state index contributed by atoms with van der Waals surface area (Å²) in [6.45, 7) is 4.07. The quantitative estimate of drug-likeness (QED) is 0.727. The number of primary amides is 1. The van der Waals surface area contributed by atoms with Gasteiger partial charge < -0.3 is 10.6 Å².